The fraction of sp³-hybridized carbons (Fsp3) is 0.304. The summed E-state index contributed by atoms with van der Waals surface area (Å²) in [7, 11) is 3.11. The van der Waals surface area contributed by atoms with Crippen LogP contribution in [0.5, 0.6) is 11.5 Å². The highest BCUT2D eigenvalue weighted by molar-refractivity contribution is 6.16. The monoisotopic (exact) mass is 444 g/mol. The zero-order valence-corrected chi connectivity index (χ0v) is 18.3. The quantitative estimate of drug-likeness (QED) is 0.364. The van der Waals surface area contributed by atoms with Crippen LogP contribution in [0.25, 0.3) is 0 Å². The molecule has 2 aromatic rings. The number of hydrogen-bond acceptors (Lipinski definition) is 8. The molecule has 9 heteroatoms. The summed E-state index contributed by atoms with van der Waals surface area (Å²) in [6.45, 7) is 3.29. The maximum absolute atomic E-state index is 13.3. The lowest BCUT2D eigenvalue weighted by Crippen LogP contribution is -2.44. The number of cyclic esters (lactones) is 2. The molecule has 3 rings (SSSR count). The number of nitrogens with one attached hydrogen (secondary N) is 2. The SMILES string of the molecule is COc1ccc(CCNC(Nc2ccc(F)cc2)=C2C(=O)OC(C)(C)OC2=O)cc1OC. The lowest BCUT2D eigenvalue weighted by Gasteiger charge is -2.31. The number of ether oxygens (including phenoxy) is 4. The van der Waals surface area contributed by atoms with Crippen LogP contribution in [-0.2, 0) is 25.5 Å². The number of methoxy groups -OCH3 is 2. The summed E-state index contributed by atoms with van der Waals surface area (Å²) in [4.78, 5) is 25.1. The number of esters is 2. The highest BCUT2D eigenvalue weighted by Crippen LogP contribution is 2.28. The number of carbonyl (C=O) groups is 2. The summed E-state index contributed by atoms with van der Waals surface area (Å²) in [5, 5.41) is 6.00. The molecule has 0 aromatic heterocycles. The molecule has 1 aliphatic rings. The molecular formula is C23H25FN2O6. The third-order valence-corrected chi connectivity index (χ3v) is 4.61. The van der Waals surface area contributed by atoms with E-state index in [1.807, 2.05) is 12.1 Å². The molecule has 2 aromatic carbocycles. The smallest absolute Gasteiger partial charge is 0.352 e. The van der Waals surface area contributed by atoms with Crippen LogP contribution in [0.3, 0.4) is 0 Å². The third-order valence-electron chi connectivity index (χ3n) is 4.61. The first-order valence-electron chi connectivity index (χ1n) is 9.90. The Kier molecular flexibility index (Phi) is 6.87. The molecule has 8 nitrogen and oxygen atoms in total. The predicted molar refractivity (Wildman–Crippen MR) is 115 cm³/mol. The van der Waals surface area contributed by atoms with Gasteiger partial charge in [-0.15, -0.1) is 0 Å². The van der Waals surface area contributed by atoms with Crippen LogP contribution in [0.15, 0.2) is 53.9 Å². The fourth-order valence-corrected chi connectivity index (χ4v) is 3.10. The van der Waals surface area contributed by atoms with Crippen molar-refractivity contribution in [2.45, 2.75) is 26.1 Å². The van der Waals surface area contributed by atoms with Gasteiger partial charge in [0, 0.05) is 26.1 Å². The van der Waals surface area contributed by atoms with E-state index in [4.69, 9.17) is 18.9 Å². The second-order valence-corrected chi connectivity index (χ2v) is 7.43. The highest BCUT2D eigenvalue weighted by Gasteiger charge is 2.41. The number of hydrogen-bond donors (Lipinski definition) is 2. The van der Waals surface area contributed by atoms with Gasteiger partial charge in [-0.25, -0.2) is 14.0 Å². The summed E-state index contributed by atoms with van der Waals surface area (Å²) in [6.07, 6.45) is 0.540. The Labute approximate surface area is 185 Å². The lowest BCUT2D eigenvalue weighted by atomic mass is 10.1. The number of halogens is 1. The van der Waals surface area contributed by atoms with Crippen LogP contribution in [-0.4, -0.2) is 38.5 Å². The van der Waals surface area contributed by atoms with Crippen molar-refractivity contribution in [2.75, 3.05) is 26.1 Å². The van der Waals surface area contributed by atoms with Gasteiger partial charge >= 0.3 is 11.9 Å². The Balaban J connectivity index is 1.82. The molecule has 1 fully saturated rings. The van der Waals surface area contributed by atoms with E-state index in [9.17, 15) is 14.0 Å². The zero-order chi connectivity index (χ0) is 23.3. The second-order valence-electron chi connectivity index (χ2n) is 7.43. The molecule has 0 spiro atoms. The molecule has 1 saturated heterocycles. The van der Waals surface area contributed by atoms with Crippen LogP contribution < -0.4 is 20.1 Å². The maximum Gasteiger partial charge on any atom is 0.352 e. The van der Waals surface area contributed by atoms with E-state index in [1.165, 1.54) is 38.1 Å². The molecule has 0 unspecified atom stereocenters. The Morgan fingerprint density at radius 2 is 1.59 bits per heavy atom. The minimum Gasteiger partial charge on any atom is -0.493 e. The van der Waals surface area contributed by atoms with Gasteiger partial charge in [0.25, 0.3) is 5.79 Å². The first-order chi connectivity index (χ1) is 15.2. The average Bonchev–Trinajstić information content (AvgIpc) is 2.73. The average molecular weight is 444 g/mol. The van der Waals surface area contributed by atoms with Crippen molar-refractivity contribution in [1.82, 2.24) is 5.32 Å². The van der Waals surface area contributed by atoms with Crippen molar-refractivity contribution in [3.05, 3.63) is 65.2 Å². The van der Waals surface area contributed by atoms with Crippen molar-refractivity contribution in [3.8, 4) is 11.5 Å². The normalized spacial score (nSPS) is 14.8. The van der Waals surface area contributed by atoms with Gasteiger partial charge in [0.2, 0.25) is 0 Å². The zero-order valence-electron chi connectivity index (χ0n) is 18.3. The number of rotatable bonds is 8. The van der Waals surface area contributed by atoms with E-state index in [1.54, 1.807) is 20.3 Å². The maximum atomic E-state index is 13.3. The van der Waals surface area contributed by atoms with Gasteiger partial charge < -0.3 is 29.6 Å². The largest absolute Gasteiger partial charge is 0.493 e. The summed E-state index contributed by atoms with van der Waals surface area (Å²) in [5.74, 6) is -2.12. The van der Waals surface area contributed by atoms with Gasteiger partial charge in [-0.2, -0.15) is 0 Å². The molecule has 0 atom stereocenters. The summed E-state index contributed by atoms with van der Waals surface area (Å²) in [5.41, 5.74) is 1.11. The van der Waals surface area contributed by atoms with E-state index >= 15 is 0 Å². The van der Waals surface area contributed by atoms with Gasteiger partial charge in [-0.3, -0.25) is 0 Å². The summed E-state index contributed by atoms with van der Waals surface area (Å²) in [6, 6.07) is 11.0. The predicted octanol–water partition coefficient (Wildman–Crippen LogP) is 3.13. The summed E-state index contributed by atoms with van der Waals surface area (Å²) >= 11 is 0. The van der Waals surface area contributed by atoms with Crippen molar-refractivity contribution >= 4 is 17.6 Å². The van der Waals surface area contributed by atoms with Crippen molar-refractivity contribution < 1.29 is 32.9 Å². The molecular weight excluding hydrogens is 419 g/mol. The highest BCUT2D eigenvalue weighted by atomic mass is 19.1. The number of carbonyl (C=O) groups excluding carboxylic acids is 2. The molecule has 32 heavy (non-hydrogen) atoms. The molecule has 0 aliphatic carbocycles. The molecule has 1 heterocycles. The summed E-state index contributed by atoms with van der Waals surface area (Å²) < 4.78 is 34.2. The molecule has 2 N–H and O–H groups in total. The Morgan fingerprint density at radius 1 is 0.969 bits per heavy atom. The molecule has 0 saturated carbocycles. The van der Waals surface area contributed by atoms with Crippen LogP contribution >= 0.6 is 0 Å². The fourth-order valence-electron chi connectivity index (χ4n) is 3.10. The second kappa shape index (κ2) is 9.59. The number of anilines is 1. The minimum atomic E-state index is -1.36. The van der Waals surface area contributed by atoms with E-state index in [2.05, 4.69) is 10.6 Å². The van der Waals surface area contributed by atoms with Gasteiger partial charge in [0.05, 0.1) is 14.2 Å². The standard InChI is InChI=1S/C23H25FN2O6/c1-23(2)31-21(27)19(22(28)32-23)20(26-16-8-6-15(24)7-9-16)25-12-11-14-5-10-17(29-3)18(13-14)30-4/h5-10,13,25-26H,11-12H2,1-4H3. The van der Waals surface area contributed by atoms with Gasteiger partial charge in [0.1, 0.15) is 11.6 Å². The minimum absolute atomic E-state index is 0.0996. The first kappa shape index (κ1) is 22.9. The van der Waals surface area contributed by atoms with Crippen molar-refractivity contribution in [2.24, 2.45) is 0 Å². The van der Waals surface area contributed by atoms with Crippen LogP contribution in [0.1, 0.15) is 19.4 Å². The molecule has 0 bridgehead atoms. The Morgan fingerprint density at radius 3 is 2.19 bits per heavy atom. The van der Waals surface area contributed by atoms with E-state index in [-0.39, 0.29) is 11.4 Å². The van der Waals surface area contributed by atoms with E-state index in [0.717, 1.165) is 5.56 Å². The van der Waals surface area contributed by atoms with Crippen LogP contribution in [0.2, 0.25) is 0 Å². The Bertz CT molecular complexity index is 1010. The molecule has 0 amide bonds. The van der Waals surface area contributed by atoms with E-state index < -0.39 is 23.5 Å². The Hall–Kier alpha value is -3.75. The van der Waals surface area contributed by atoms with Crippen molar-refractivity contribution in [1.29, 1.82) is 0 Å². The molecule has 0 radical (unpaired) electrons. The van der Waals surface area contributed by atoms with Gasteiger partial charge in [0.15, 0.2) is 17.1 Å². The van der Waals surface area contributed by atoms with Crippen molar-refractivity contribution in [3.63, 3.8) is 0 Å². The van der Waals surface area contributed by atoms with Gasteiger partial charge in [-0.05, 0) is 48.4 Å². The van der Waals surface area contributed by atoms with Crippen LogP contribution in [0, 0.1) is 5.82 Å². The third kappa shape index (κ3) is 5.48. The topological polar surface area (TPSA) is 95.1 Å². The van der Waals surface area contributed by atoms with Gasteiger partial charge in [-0.1, -0.05) is 6.07 Å². The number of benzene rings is 2. The lowest BCUT2D eigenvalue weighted by molar-refractivity contribution is -0.222. The van der Waals surface area contributed by atoms with E-state index in [0.29, 0.717) is 30.2 Å². The molecule has 1 aliphatic heterocycles. The molecule has 170 valence electrons. The van der Waals surface area contributed by atoms with Crippen LogP contribution in [0.4, 0.5) is 10.1 Å². The first-order valence-corrected chi connectivity index (χ1v) is 9.90.